The van der Waals surface area contributed by atoms with Gasteiger partial charge in [0.15, 0.2) is 17.6 Å². The second-order valence-corrected chi connectivity index (χ2v) is 8.24. The number of benzene rings is 3. The normalized spacial score (nSPS) is 10.7. The average Bonchev–Trinajstić information content (AvgIpc) is 3.29. The number of carbonyl (C=O) groups excluding carboxylic acids is 1. The van der Waals surface area contributed by atoms with E-state index < -0.39 is 4.92 Å². The van der Waals surface area contributed by atoms with E-state index in [1.165, 1.54) is 36.0 Å². The van der Waals surface area contributed by atoms with Crippen LogP contribution in [0.2, 0.25) is 0 Å². The molecule has 0 aliphatic carbocycles. The fraction of sp³-hybridized carbons (Fsp3) is 0.125. The van der Waals surface area contributed by atoms with Gasteiger partial charge in [0.1, 0.15) is 11.6 Å². The lowest BCUT2D eigenvalue weighted by molar-refractivity contribution is -0.384. The predicted octanol–water partition coefficient (Wildman–Crippen LogP) is 4.30. The van der Waals surface area contributed by atoms with E-state index >= 15 is 0 Å². The van der Waals surface area contributed by atoms with Crippen molar-refractivity contribution in [3.05, 3.63) is 106 Å². The third-order valence-corrected chi connectivity index (χ3v) is 5.86. The van der Waals surface area contributed by atoms with Gasteiger partial charge in [-0.15, -0.1) is 10.2 Å². The van der Waals surface area contributed by atoms with Crippen LogP contribution in [0.4, 0.5) is 10.1 Å². The van der Waals surface area contributed by atoms with Gasteiger partial charge >= 0.3 is 0 Å². The van der Waals surface area contributed by atoms with Gasteiger partial charge in [0, 0.05) is 23.6 Å². The first-order valence-corrected chi connectivity index (χ1v) is 11.5. The summed E-state index contributed by atoms with van der Waals surface area (Å²) in [6, 6.07) is 21.1. The Morgan fingerprint density at radius 3 is 2.43 bits per heavy atom. The maximum Gasteiger partial charge on any atom is 0.269 e. The summed E-state index contributed by atoms with van der Waals surface area (Å²) in [4.78, 5) is 22.9. The van der Waals surface area contributed by atoms with Gasteiger partial charge in [0.2, 0.25) is 0 Å². The first-order valence-electron chi connectivity index (χ1n) is 10.5. The molecule has 0 unspecified atom stereocenters. The number of nitro benzene ring substituents is 1. The molecule has 4 aromatic rings. The van der Waals surface area contributed by atoms with E-state index in [2.05, 4.69) is 15.5 Å². The molecule has 35 heavy (non-hydrogen) atoms. The number of amides is 1. The molecule has 1 amide bonds. The highest BCUT2D eigenvalue weighted by Gasteiger charge is 2.17. The Bertz CT molecular complexity index is 1300. The Morgan fingerprint density at radius 1 is 1.03 bits per heavy atom. The van der Waals surface area contributed by atoms with Crippen molar-refractivity contribution in [3.8, 4) is 11.4 Å². The Labute approximate surface area is 204 Å². The number of hydrogen-bond donors (Lipinski definition) is 1. The Balaban J connectivity index is 1.49. The molecule has 1 heterocycles. The molecule has 9 nitrogen and oxygen atoms in total. The number of ether oxygens (including phenoxy) is 1. The molecule has 0 aliphatic rings. The van der Waals surface area contributed by atoms with Crippen LogP contribution in [0.1, 0.15) is 11.4 Å². The van der Waals surface area contributed by atoms with Crippen LogP contribution in [-0.4, -0.2) is 32.2 Å². The van der Waals surface area contributed by atoms with Gasteiger partial charge in [-0.1, -0.05) is 42.1 Å². The molecule has 4 rings (SSSR count). The molecule has 11 heteroatoms. The van der Waals surface area contributed by atoms with Crippen molar-refractivity contribution in [2.24, 2.45) is 0 Å². The van der Waals surface area contributed by atoms with E-state index in [9.17, 15) is 19.3 Å². The van der Waals surface area contributed by atoms with Crippen LogP contribution in [0, 0.1) is 15.9 Å². The van der Waals surface area contributed by atoms with Gasteiger partial charge in [0.05, 0.1) is 11.5 Å². The second kappa shape index (κ2) is 11.3. The molecule has 0 saturated heterocycles. The van der Waals surface area contributed by atoms with Crippen LogP contribution < -0.4 is 10.1 Å². The molecule has 3 aromatic carbocycles. The van der Waals surface area contributed by atoms with Crippen LogP contribution in [0.15, 0.2) is 84.0 Å². The predicted molar refractivity (Wildman–Crippen MR) is 128 cm³/mol. The van der Waals surface area contributed by atoms with Gasteiger partial charge in [0.25, 0.3) is 11.6 Å². The van der Waals surface area contributed by atoms with Crippen molar-refractivity contribution in [3.63, 3.8) is 0 Å². The number of halogens is 1. The maximum atomic E-state index is 13.2. The third-order valence-electron chi connectivity index (χ3n) is 4.86. The first kappa shape index (κ1) is 23.9. The number of para-hydroxylation sites is 1. The topological polar surface area (TPSA) is 112 Å². The molecular weight excluding hydrogens is 473 g/mol. The monoisotopic (exact) mass is 493 g/mol. The quantitative estimate of drug-likeness (QED) is 0.199. The van der Waals surface area contributed by atoms with Crippen molar-refractivity contribution < 1.29 is 18.8 Å². The number of nitro groups is 1. The smallest absolute Gasteiger partial charge is 0.269 e. The molecule has 0 spiro atoms. The van der Waals surface area contributed by atoms with E-state index in [-0.39, 0.29) is 30.6 Å². The maximum absolute atomic E-state index is 13.2. The highest BCUT2D eigenvalue weighted by molar-refractivity contribution is 7.98. The highest BCUT2D eigenvalue weighted by atomic mass is 32.2. The van der Waals surface area contributed by atoms with Crippen LogP contribution in [0.3, 0.4) is 0 Å². The summed E-state index contributed by atoms with van der Waals surface area (Å²) in [5, 5.41) is 22.8. The fourth-order valence-corrected chi connectivity index (χ4v) is 4.04. The molecule has 1 N–H and O–H groups in total. The molecule has 0 radical (unpaired) electrons. The molecular formula is C24H20FN5O4S. The summed E-state index contributed by atoms with van der Waals surface area (Å²) < 4.78 is 20.4. The minimum Gasteiger partial charge on any atom is -0.484 e. The van der Waals surface area contributed by atoms with Crippen LogP contribution >= 0.6 is 11.8 Å². The standard InChI is InChI=1S/C24H20FN5O4S/c25-18-8-6-17(7-9-18)16-35-24-28-27-22(29(24)19-10-12-20(13-11-19)30(32)33)14-26-23(31)15-34-21-4-2-1-3-5-21/h1-13H,14-16H2,(H,26,31). The highest BCUT2D eigenvalue weighted by Crippen LogP contribution is 2.26. The van der Waals surface area contributed by atoms with E-state index in [0.29, 0.717) is 28.2 Å². The van der Waals surface area contributed by atoms with Crippen molar-refractivity contribution in [1.82, 2.24) is 20.1 Å². The molecule has 0 atom stereocenters. The third kappa shape index (κ3) is 6.42. The lowest BCUT2D eigenvalue weighted by Crippen LogP contribution is -2.29. The summed E-state index contributed by atoms with van der Waals surface area (Å²) >= 11 is 1.37. The van der Waals surface area contributed by atoms with E-state index in [1.54, 1.807) is 41.0 Å². The molecule has 1 aromatic heterocycles. The number of thioether (sulfide) groups is 1. The second-order valence-electron chi connectivity index (χ2n) is 7.30. The van der Waals surface area contributed by atoms with Gasteiger partial charge in [-0.2, -0.15) is 0 Å². The van der Waals surface area contributed by atoms with E-state index in [4.69, 9.17) is 4.74 Å². The summed E-state index contributed by atoms with van der Waals surface area (Å²) in [5.41, 5.74) is 1.45. The van der Waals surface area contributed by atoms with Gasteiger partial charge < -0.3 is 10.1 Å². The molecule has 0 fully saturated rings. The Hall–Kier alpha value is -4.25. The van der Waals surface area contributed by atoms with Crippen LogP contribution in [0.25, 0.3) is 5.69 Å². The SMILES string of the molecule is O=C(COc1ccccc1)NCc1nnc(SCc2ccc(F)cc2)n1-c1ccc([N+](=O)[O-])cc1. The largest absolute Gasteiger partial charge is 0.484 e. The van der Waals surface area contributed by atoms with Crippen molar-refractivity contribution in [2.45, 2.75) is 17.5 Å². The zero-order chi connectivity index (χ0) is 24.6. The van der Waals surface area contributed by atoms with Gasteiger partial charge in [-0.25, -0.2) is 4.39 Å². The number of non-ortho nitro benzene ring substituents is 1. The number of nitrogens with one attached hydrogen (secondary N) is 1. The Morgan fingerprint density at radius 2 is 1.74 bits per heavy atom. The molecule has 0 bridgehead atoms. The van der Waals surface area contributed by atoms with E-state index in [1.807, 2.05) is 18.2 Å². The lowest BCUT2D eigenvalue weighted by Gasteiger charge is -2.11. The average molecular weight is 494 g/mol. The van der Waals surface area contributed by atoms with Crippen LogP contribution in [-0.2, 0) is 17.1 Å². The Kier molecular flexibility index (Phi) is 7.68. The van der Waals surface area contributed by atoms with Gasteiger partial charge in [-0.3, -0.25) is 19.5 Å². The van der Waals surface area contributed by atoms with Gasteiger partial charge in [-0.05, 0) is 42.0 Å². The number of carbonyl (C=O) groups is 1. The zero-order valence-corrected chi connectivity index (χ0v) is 19.2. The van der Waals surface area contributed by atoms with Crippen molar-refractivity contribution in [2.75, 3.05) is 6.61 Å². The first-order chi connectivity index (χ1) is 17.0. The van der Waals surface area contributed by atoms with Crippen LogP contribution in [0.5, 0.6) is 5.75 Å². The lowest BCUT2D eigenvalue weighted by atomic mass is 10.2. The number of hydrogen-bond acceptors (Lipinski definition) is 7. The minimum absolute atomic E-state index is 0.0461. The summed E-state index contributed by atoms with van der Waals surface area (Å²) in [6.07, 6.45) is 0. The number of aromatic nitrogens is 3. The van der Waals surface area contributed by atoms with Crippen molar-refractivity contribution >= 4 is 23.4 Å². The molecule has 0 saturated carbocycles. The zero-order valence-electron chi connectivity index (χ0n) is 18.3. The summed E-state index contributed by atoms with van der Waals surface area (Å²) in [6.45, 7) is -0.0973. The summed E-state index contributed by atoms with van der Waals surface area (Å²) in [7, 11) is 0. The van der Waals surface area contributed by atoms with E-state index in [0.717, 1.165) is 5.56 Å². The molecule has 178 valence electrons. The fourth-order valence-electron chi connectivity index (χ4n) is 3.11. The number of rotatable bonds is 10. The summed E-state index contributed by atoms with van der Waals surface area (Å²) in [5.74, 6) is 0.863. The number of nitrogens with zero attached hydrogens (tertiary/aromatic N) is 4. The van der Waals surface area contributed by atoms with Crippen molar-refractivity contribution in [1.29, 1.82) is 0 Å². The minimum atomic E-state index is -0.478. The molecule has 0 aliphatic heterocycles.